The van der Waals surface area contributed by atoms with E-state index < -0.39 is 0 Å². The number of hydrogen-bond acceptors (Lipinski definition) is 2. The minimum Gasteiger partial charge on any atom is -0.346 e. The zero-order valence-corrected chi connectivity index (χ0v) is 14.5. The molecule has 1 unspecified atom stereocenters. The molecule has 1 heterocycles. The van der Waals surface area contributed by atoms with Crippen LogP contribution in [0.15, 0.2) is 36.5 Å². The van der Waals surface area contributed by atoms with E-state index in [0.29, 0.717) is 5.92 Å². The number of aromatic nitrogens is 2. The van der Waals surface area contributed by atoms with Gasteiger partial charge in [0.05, 0.1) is 12.2 Å². The molecule has 1 amide bonds. The van der Waals surface area contributed by atoms with Crippen LogP contribution in [0.2, 0.25) is 0 Å². The molecule has 0 saturated heterocycles. The van der Waals surface area contributed by atoms with Gasteiger partial charge in [0.2, 0.25) is 5.91 Å². The number of nitrogens with one attached hydrogen (secondary N) is 1. The fourth-order valence-electron chi connectivity index (χ4n) is 2.44. The monoisotopic (exact) mass is 311 g/mol. The van der Waals surface area contributed by atoms with Crippen LogP contribution in [0.5, 0.6) is 0 Å². The molecule has 4 heteroatoms. The molecule has 4 nitrogen and oxygen atoms in total. The summed E-state index contributed by atoms with van der Waals surface area (Å²) in [6.07, 6.45) is 5.21. The molecule has 2 aromatic rings. The Kier molecular flexibility index (Phi) is 5.37. The number of nitrogens with zero attached hydrogens (tertiary/aromatic N) is 2. The third kappa shape index (κ3) is 4.31. The summed E-state index contributed by atoms with van der Waals surface area (Å²) in [5.41, 5.74) is 4.42. The molecule has 122 valence electrons. The molecular formula is C19H25N3O. The van der Waals surface area contributed by atoms with E-state index in [4.69, 9.17) is 0 Å². The first kappa shape index (κ1) is 17.0. The van der Waals surface area contributed by atoms with Crippen molar-refractivity contribution < 1.29 is 4.79 Å². The van der Waals surface area contributed by atoms with E-state index in [1.165, 1.54) is 5.56 Å². The van der Waals surface area contributed by atoms with Crippen LogP contribution in [0.25, 0.3) is 6.08 Å². The summed E-state index contributed by atoms with van der Waals surface area (Å²) >= 11 is 0. The van der Waals surface area contributed by atoms with Gasteiger partial charge in [0.1, 0.15) is 0 Å². The van der Waals surface area contributed by atoms with E-state index in [9.17, 15) is 4.79 Å². The molecule has 0 spiro atoms. The van der Waals surface area contributed by atoms with Gasteiger partial charge in [-0.2, -0.15) is 5.10 Å². The molecule has 0 aliphatic rings. The topological polar surface area (TPSA) is 46.9 Å². The van der Waals surface area contributed by atoms with E-state index in [1.807, 2.05) is 43.8 Å². The van der Waals surface area contributed by atoms with Crippen LogP contribution in [0.1, 0.15) is 55.1 Å². The Hall–Kier alpha value is -2.36. The Morgan fingerprint density at radius 3 is 2.39 bits per heavy atom. The lowest BCUT2D eigenvalue weighted by atomic mass is 10.0. The summed E-state index contributed by atoms with van der Waals surface area (Å²) in [4.78, 5) is 12.1. The normalized spacial score (nSPS) is 12.8. The maximum atomic E-state index is 12.1. The Morgan fingerprint density at radius 2 is 1.87 bits per heavy atom. The summed E-state index contributed by atoms with van der Waals surface area (Å²) in [7, 11) is 1.90. The Bertz CT molecular complexity index is 696. The summed E-state index contributed by atoms with van der Waals surface area (Å²) in [6, 6.07) is 8.21. The van der Waals surface area contributed by atoms with Crippen molar-refractivity contribution in [1.29, 1.82) is 0 Å². The molecule has 2 rings (SSSR count). The van der Waals surface area contributed by atoms with E-state index >= 15 is 0 Å². The van der Waals surface area contributed by atoms with Gasteiger partial charge < -0.3 is 5.32 Å². The first-order valence-corrected chi connectivity index (χ1v) is 7.95. The molecule has 1 N–H and O–H groups in total. The predicted octanol–water partition coefficient (Wildman–Crippen LogP) is 3.74. The van der Waals surface area contributed by atoms with Gasteiger partial charge in [-0.1, -0.05) is 38.1 Å². The van der Waals surface area contributed by atoms with E-state index in [-0.39, 0.29) is 11.9 Å². The minimum absolute atomic E-state index is 0.0656. The van der Waals surface area contributed by atoms with Crippen LogP contribution >= 0.6 is 0 Å². The number of carbonyl (C=O) groups excluding carboxylic acids is 1. The highest BCUT2D eigenvalue weighted by Gasteiger charge is 2.13. The quantitative estimate of drug-likeness (QED) is 0.855. The summed E-state index contributed by atoms with van der Waals surface area (Å²) < 4.78 is 1.81. The number of aryl methyl sites for hydroxylation is 1. The Balaban J connectivity index is 1.97. The van der Waals surface area contributed by atoms with Crippen molar-refractivity contribution in [2.24, 2.45) is 7.05 Å². The smallest absolute Gasteiger partial charge is 0.244 e. The predicted molar refractivity (Wildman–Crippen MR) is 94.1 cm³/mol. The molecule has 0 aliphatic carbocycles. The van der Waals surface area contributed by atoms with Crippen LogP contribution in [0.4, 0.5) is 0 Å². The zero-order chi connectivity index (χ0) is 17.0. The fourth-order valence-corrected chi connectivity index (χ4v) is 2.44. The first-order valence-electron chi connectivity index (χ1n) is 7.95. The zero-order valence-electron chi connectivity index (χ0n) is 14.5. The molecule has 0 aliphatic heterocycles. The summed E-state index contributed by atoms with van der Waals surface area (Å²) in [5.74, 6) is 0.411. The maximum absolute atomic E-state index is 12.1. The maximum Gasteiger partial charge on any atom is 0.244 e. The fraction of sp³-hybridized carbons (Fsp3) is 0.368. The SMILES string of the molecule is Cc1c(C(C)NC(=O)/C=C/c2ccc(C(C)C)cc2)cnn1C. The third-order valence-electron chi connectivity index (χ3n) is 4.13. The number of amides is 1. The molecule has 1 atom stereocenters. The van der Waals surface area contributed by atoms with E-state index in [0.717, 1.165) is 16.8 Å². The molecule has 0 fully saturated rings. The molecule has 0 radical (unpaired) electrons. The molecule has 0 saturated carbocycles. The Morgan fingerprint density at radius 1 is 1.22 bits per heavy atom. The van der Waals surface area contributed by atoms with Gasteiger partial charge in [-0.05, 0) is 37.0 Å². The second-order valence-electron chi connectivity index (χ2n) is 6.19. The summed E-state index contributed by atoms with van der Waals surface area (Å²) in [5, 5.41) is 7.18. The van der Waals surface area contributed by atoms with Crippen molar-refractivity contribution >= 4 is 12.0 Å². The lowest BCUT2D eigenvalue weighted by Crippen LogP contribution is -2.24. The van der Waals surface area contributed by atoms with Gasteiger partial charge >= 0.3 is 0 Å². The minimum atomic E-state index is -0.103. The average Bonchev–Trinajstić information content (AvgIpc) is 2.85. The molecule has 1 aromatic heterocycles. The first-order chi connectivity index (χ1) is 10.9. The van der Waals surface area contributed by atoms with Gasteiger partial charge in [-0.3, -0.25) is 9.48 Å². The standard InChI is InChI=1S/C19H25N3O/c1-13(2)17-9-6-16(7-10-17)8-11-19(23)21-14(3)18-12-20-22(5)15(18)4/h6-14H,1-5H3,(H,21,23)/b11-8+. The van der Waals surface area contributed by atoms with Gasteiger partial charge in [-0.15, -0.1) is 0 Å². The largest absolute Gasteiger partial charge is 0.346 e. The van der Waals surface area contributed by atoms with Crippen LogP contribution in [-0.4, -0.2) is 15.7 Å². The van der Waals surface area contributed by atoms with Gasteiger partial charge in [-0.25, -0.2) is 0 Å². The third-order valence-corrected chi connectivity index (χ3v) is 4.13. The number of rotatable bonds is 5. The second-order valence-corrected chi connectivity index (χ2v) is 6.19. The summed E-state index contributed by atoms with van der Waals surface area (Å²) in [6.45, 7) is 8.30. The van der Waals surface area contributed by atoms with E-state index in [2.05, 4.69) is 36.4 Å². The molecule has 23 heavy (non-hydrogen) atoms. The average molecular weight is 311 g/mol. The van der Waals surface area contributed by atoms with Crippen LogP contribution in [-0.2, 0) is 11.8 Å². The lowest BCUT2D eigenvalue weighted by Gasteiger charge is -2.12. The second kappa shape index (κ2) is 7.27. The van der Waals surface area contributed by atoms with E-state index in [1.54, 1.807) is 12.3 Å². The van der Waals surface area contributed by atoms with Crippen molar-refractivity contribution in [2.45, 2.75) is 39.7 Å². The van der Waals surface area contributed by atoms with Gasteiger partial charge in [0, 0.05) is 24.4 Å². The van der Waals surface area contributed by atoms with Crippen LogP contribution in [0, 0.1) is 6.92 Å². The van der Waals surface area contributed by atoms with Crippen molar-refractivity contribution in [3.8, 4) is 0 Å². The molecule has 1 aromatic carbocycles. The highest BCUT2D eigenvalue weighted by molar-refractivity contribution is 5.91. The van der Waals surface area contributed by atoms with Crippen LogP contribution < -0.4 is 5.32 Å². The number of carbonyl (C=O) groups is 1. The highest BCUT2D eigenvalue weighted by atomic mass is 16.1. The van der Waals surface area contributed by atoms with Gasteiger partial charge in [0.25, 0.3) is 0 Å². The highest BCUT2D eigenvalue weighted by Crippen LogP contribution is 2.17. The van der Waals surface area contributed by atoms with Crippen molar-refractivity contribution in [1.82, 2.24) is 15.1 Å². The van der Waals surface area contributed by atoms with Gasteiger partial charge in [0.15, 0.2) is 0 Å². The molecule has 0 bridgehead atoms. The van der Waals surface area contributed by atoms with Crippen LogP contribution in [0.3, 0.4) is 0 Å². The molecular weight excluding hydrogens is 286 g/mol. The number of benzene rings is 1. The van der Waals surface area contributed by atoms with Crippen molar-refractivity contribution in [3.05, 3.63) is 58.9 Å². The lowest BCUT2D eigenvalue weighted by molar-refractivity contribution is -0.117. The Labute approximate surface area is 138 Å². The van der Waals surface area contributed by atoms with Crippen molar-refractivity contribution in [3.63, 3.8) is 0 Å². The number of hydrogen-bond donors (Lipinski definition) is 1. The van der Waals surface area contributed by atoms with Crippen molar-refractivity contribution in [2.75, 3.05) is 0 Å².